The summed E-state index contributed by atoms with van der Waals surface area (Å²) >= 11 is 0. The van der Waals surface area contributed by atoms with Crippen LogP contribution < -0.4 is 10.6 Å². The molecule has 2 N–H and O–H groups in total. The fourth-order valence-electron chi connectivity index (χ4n) is 3.57. The maximum Gasteiger partial charge on any atom is 0.270 e. The van der Waals surface area contributed by atoms with E-state index < -0.39 is 16.6 Å². The first-order chi connectivity index (χ1) is 14.9. The number of halogens is 2. The Labute approximate surface area is 175 Å². The first-order valence-corrected chi connectivity index (χ1v) is 9.79. The van der Waals surface area contributed by atoms with Crippen molar-refractivity contribution in [3.05, 3.63) is 70.0 Å². The molecule has 0 spiro atoms. The van der Waals surface area contributed by atoms with Crippen molar-refractivity contribution in [3.63, 3.8) is 0 Å². The first-order valence-electron chi connectivity index (χ1n) is 9.79. The van der Waals surface area contributed by atoms with Crippen LogP contribution in [0, 0.1) is 27.7 Å². The fraction of sp³-hybridized carbons (Fsp3) is 0.286. The summed E-state index contributed by atoms with van der Waals surface area (Å²) in [6.07, 6.45) is 2.51. The Morgan fingerprint density at radius 2 is 2.00 bits per heavy atom. The molecule has 3 aromatic rings. The van der Waals surface area contributed by atoms with Gasteiger partial charge >= 0.3 is 0 Å². The highest BCUT2D eigenvalue weighted by Crippen LogP contribution is 2.48. The number of nitro benzene ring substituents is 1. The zero-order chi connectivity index (χ0) is 22.0. The van der Waals surface area contributed by atoms with Crippen molar-refractivity contribution in [1.29, 1.82) is 0 Å². The summed E-state index contributed by atoms with van der Waals surface area (Å²) in [5.74, 6) is -1.46. The Kier molecular flexibility index (Phi) is 5.70. The number of carbonyl (C=O) groups is 1. The molecule has 0 bridgehead atoms. The maximum atomic E-state index is 13.8. The lowest BCUT2D eigenvalue weighted by atomic mass is 10.1. The largest absolute Gasteiger partial charge is 0.369 e. The van der Waals surface area contributed by atoms with Gasteiger partial charge in [0, 0.05) is 42.6 Å². The van der Waals surface area contributed by atoms with Crippen molar-refractivity contribution < 1.29 is 18.5 Å². The van der Waals surface area contributed by atoms with E-state index in [9.17, 15) is 23.7 Å². The number of fused-ring (bicyclic) bond motifs is 1. The third kappa shape index (κ3) is 4.57. The van der Waals surface area contributed by atoms with Gasteiger partial charge in [-0.25, -0.2) is 18.7 Å². The van der Waals surface area contributed by atoms with E-state index in [1.165, 1.54) is 30.6 Å². The molecule has 4 rings (SSSR count). The van der Waals surface area contributed by atoms with Gasteiger partial charge in [0.25, 0.3) is 5.69 Å². The SMILES string of the molecule is O=C(NCCCNc1ncnc2ccc([N+](=O)[O-])cc12)[C@H]1C[C@@H]1c1ccc(F)cc1F. The van der Waals surface area contributed by atoms with Crippen LogP contribution in [0.25, 0.3) is 10.9 Å². The second-order valence-electron chi connectivity index (χ2n) is 7.37. The third-order valence-corrected chi connectivity index (χ3v) is 5.26. The van der Waals surface area contributed by atoms with E-state index in [0.29, 0.717) is 48.2 Å². The van der Waals surface area contributed by atoms with Crippen molar-refractivity contribution in [2.45, 2.75) is 18.8 Å². The number of aromatic nitrogens is 2. The fourth-order valence-corrected chi connectivity index (χ4v) is 3.57. The molecule has 0 radical (unpaired) electrons. The summed E-state index contributed by atoms with van der Waals surface area (Å²) in [5.41, 5.74) is 0.909. The molecule has 2 aromatic carbocycles. The Morgan fingerprint density at radius 1 is 1.16 bits per heavy atom. The second kappa shape index (κ2) is 8.58. The number of amides is 1. The zero-order valence-corrected chi connectivity index (χ0v) is 16.3. The lowest BCUT2D eigenvalue weighted by Crippen LogP contribution is -2.27. The topological polar surface area (TPSA) is 110 Å². The average Bonchev–Trinajstić information content (AvgIpc) is 3.53. The number of rotatable bonds is 8. The second-order valence-corrected chi connectivity index (χ2v) is 7.37. The lowest BCUT2D eigenvalue weighted by Gasteiger charge is -2.09. The molecule has 0 aliphatic heterocycles. The maximum absolute atomic E-state index is 13.8. The summed E-state index contributed by atoms with van der Waals surface area (Å²) < 4.78 is 26.9. The predicted molar refractivity (Wildman–Crippen MR) is 110 cm³/mol. The highest BCUT2D eigenvalue weighted by Gasteiger charge is 2.45. The molecule has 0 unspecified atom stereocenters. The van der Waals surface area contributed by atoms with Crippen LogP contribution in [0.3, 0.4) is 0 Å². The smallest absolute Gasteiger partial charge is 0.270 e. The monoisotopic (exact) mass is 427 g/mol. The first kappa shape index (κ1) is 20.6. The van der Waals surface area contributed by atoms with Gasteiger partial charge < -0.3 is 10.6 Å². The van der Waals surface area contributed by atoms with E-state index in [0.717, 1.165) is 6.07 Å². The van der Waals surface area contributed by atoms with E-state index >= 15 is 0 Å². The lowest BCUT2D eigenvalue weighted by molar-refractivity contribution is -0.384. The molecule has 160 valence electrons. The van der Waals surface area contributed by atoms with Gasteiger partial charge in [0.05, 0.1) is 10.4 Å². The molecule has 1 aliphatic carbocycles. The van der Waals surface area contributed by atoms with Crippen LogP contribution in [-0.2, 0) is 4.79 Å². The van der Waals surface area contributed by atoms with E-state index in [1.807, 2.05) is 0 Å². The normalized spacial score (nSPS) is 17.4. The minimum Gasteiger partial charge on any atom is -0.369 e. The molecule has 8 nitrogen and oxygen atoms in total. The van der Waals surface area contributed by atoms with Crippen LogP contribution in [0.1, 0.15) is 24.3 Å². The summed E-state index contributed by atoms with van der Waals surface area (Å²) in [6, 6.07) is 7.79. The number of non-ortho nitro benzene ring substituents is 1. The highest BCUT2D eigenvalue weighted by atomic mass is 19.1. The van der Waals surface area contributed by atoms with Gasteiger partial charge in [-0.3, -0.25) is 14.9 Å². The molecule has 1 amide bonds. The number of nitrogens with one attached hydrogen (secondary N) is 2. The molecule has 0 saturated heterocycles. The predicted octanol–water partition coefficient (Wildman–Crippen LogP) is 3.54. The summed E-state index contributed by atoms with van der Waals surface area (Å²) in [7, 11) is 0. The molecular formula is C21H19F2N5O3. The minimum absolute atomic E-state index is 0.0470. The molecule has 1 aromatic heterocycles. The van der Waals surface area contributed by atoms with Crippen LogP contribution in [-0.4, -0.2) is 33.9 Å². The van der Waals surface area contributed by atoms with Crippen LogP contribution in [0.4, 0.5) is 20.3 Å². The van der Waals surface area contributed by atoms with Crippen LogP contribution in [0.5, 0.6) is 0 Å². The summed E-state index contributed by atoms with van der Waals surface area (Å²) in [6.45, 7) is 0.889. The molecule has 2 atom stereocenters. The standard InChI is InChI=1S/C21H19F2N5O3/c22-12-2-4-14(18(23)8-12)15-10-16(15)21(29)25-7-1-6-24-20-17-9-13(28(30)31)3-5-19(17)26-11-27-20/h2-5,8-9,11,15-16H,1,6-7,10H2,(H,25,29)(H,24,26,27)/t15-,16+/m1/s1. The Balaban J connectivity index is 1.26. The molecular weight excluding hydrogens is 408 g/mol. The minimum atomic E-state index is -0.638. The van der Waals surface area contributed by atoms with Crippen LogP contribution >= 0.6 is 0 Å². The molecule has 1 aliphatic rings. The van der Waals surface area contributed by atoms with Gasteiger partial charge in [0.1, 0.15) is 23.8 Å². The van der Waals surface area contributed by atoms with Crippen molar-refractivity contribution in [2.75, 3.05) is 18.4 Å². The van der Waals surface area contributed by atoms with Crippen LogP contribution in [0.2, 0.25) is 0 Å². The van der Waals surface area contributed by atoms with Crippen molar-refractivity contribution in [1.82, 2.24) is 15.3 Å². The number of hydrogen-bond donors (Lipinski definition) is 2. The van der Waals surface area contributed by atoms with Gasteiger partial charge in [0.15, 0.2) is 0 Å². The number of nitro groups is 1. The highest BCUT2D eigenvalue weighted by molar-refractivity contribution is 5.90. The number of hydrogen-bond acceptors (Lipinski definition) is 6. The molecule has 1 saturated carbocycles. The van der Waals surface area contributed by atoms with E-state index in [-0.39, 0.29) is 23.4 Å². The van der Waals surface area contributed by atoms with E-state index in [2.05, 4.69) is 20.6 Å². The van der Waals surface area contributed by atoms with Gasteiger partial charge in [-0.1, -0.05) is 6.07 Å². The molecule has 1 heterocycles. The number of benzene rings is 2. The van der Waals surface area contributed by atoms with Gasteiger partial charge in [-0.2, -0.15) is 0 Å². The van der Waals surface area contributed by atoms with E-state index in [4.69, 9.17) is 0 Å². The molecule has 1 fully saturated rings. The third-order valence-electron chi connectivity index (χ3n) is 5.26. The van der Waals surface area contributed by atoms with Crippen LogP contribution in [0.15, 0.2) is 42.7 Å². The number of carbonyl (C=O) groups excluding carboxylic acids is 1. The Bertz CT molecular complexity index is 1160. The quantitative estimate of drug-likeness (QED) is 0.323. The summed E-state index contributed by atoms with van der Waals surface area (Å²) in [5, 5.41) is 17.5. The Morgan fingerprint density at radius 3 is 2.77 bits per heavy atom. The van der Waals surface area contributed by atoms with E-state index in [1.54, 1.807) is 6.07 Å². The number of nitrogens with zero attached hydrogens (tertiary/aromatic N) is 3. The van der Waals surface area contributed by atoms with Crippen molar-refractivity contribution in [2.24, 2.45) is 5.92 Å². The van der Waals surface area contributed by atoms with Gasteiger partial charge in [-0.05, 0) is 36.5 Å². The van der Waals surface area contributed by atoms with Crippen molar-refractivity contribution >= 4 is 28.3 Å². The number of anilines is 1. The Hall–Kier alpha value is -3.69. The van der Waals surface area contributed by atoms with Gasteiger partial charge in [0.2, 0.25) is 5.91 Å². The molecule has 10 heteroatoms. The average molecular weight is 427 g/mol. The zero-order valence-electron chi connectivity index (χ0n) is 16.3. The van der Waals surface area contributed by atoms with Gasteiger partial charge in [-0.15, -0.1) is 0 Å². The molecule has 31 heavy (non-hydrogen) atoms. The van der Waals surface area contributed by atoms with Crippen molar-refractivity contribution in [3.8, 4) is 0 Å². The summed E-state index contributed by atoms with van der Waals surface area (Å²) in [4.78, 5) is 31.0.